The quantitative estimate of drug-likeness (QED) is 0.277. The minimum Gasteiger partial charge on any atom is -0.320 e. The van der Waals surface area contributed by atoms with Gasteiger partial charge >= 0.3 is 0 Å². The van der Waals surface area contributed by atoms with Crippen LogP contribution in [0, 0.1) is 10.1 Å². The highest BCUT2D eigenvalue weighted by molar-refractivity contribution is 6.19. The Bertz CT molecular complexity index is 1510. The summed E-state index contributed by atoms with van der Waals surface area (Å²) in [4.78, 5) is 29.3. The number of hydrogen-bond acceptors (Lipinski definition) is 4. The lowest BCUT2D eigenvalue weighted by Gasteiger charge is -2.15. The number of nitro groups is 1. The fourth-order valence-corrected chi connectivity index (χ4v) is 3.99. The summed E-state index contributed by atoms with van der Waals surface area (Å²) in [6.45, 7) is 0. The molecule has 0 radical (unpaired) electrons. The number of rotatable bonds is 4. The molecule has 1 N–H and O–H groups in total. The SMILES string of the molecule is O=C(Nc1cccc2cccnc12)c1c(-c2ccccc2[N+](=O)[O-])ccc2ccccc12. The number of anilines is 1. The summed E-state index contributed by atoms with van der Waals surface area (Å²) in [6, 6.07) is 26.9. The lowest BCUT2D eigenvalue weighted by molar-refractivity contribution is -0.384. The first-order chi connectivity index (χ1) is 15.6. The highest BCUT2D eigenvalue weighted by atomic mass is 16.6. The fraction of sp³-hybridized carbons (Fsp3) is 0. The maximum atomic E-state index is 13.6. The summed E-state index contributed by atoms with van der Waals surface area (Å²) >= 11 is 0. The zero-order valence-corrected chi connectivity index (χ0v) is 16.9. The van der Waals surface area contributed by atoms with Gasteiger partial charge in [0, 0.05) is 23.2 Å². The van der Waals surface area contributed by atoms with Gasteiger partial charge in [-0.3, -0.25) is 19.9 Å². The van der Waals surface area contributed by atoms with Crippen molar-refractivity contribution in [3.8, 4) is 11.1 Å². The van der Waals surface area contributed by atoms with Gasteiger partial charge in [0.25, 0.3) is 11.6 Å². The number of amides is 1. The number of carbonyl (C=O) groups excluding carboxylic acids is 1. The van der Waals surface area contributed by atoms with E-state index in [2.05, 4.69) is 10.3 Å². The van der Waals surface area contributed by atoms with Crippen molar-refractivity contribution in [3.63, 3.8) is 0 Å². The van der Waals surface area contributed by atoms with Gasteiger partial charge < -0.3 is 5.32 Å². The first-order valence-corrected chi connectivity index (χ1v) is 10.0. The van der Waals surface area contributed by atoms with Crippen LogP contribution in [0.2, 0.25) is 0 Å². The number of pyridine rings is 1. The van der Waals surface area contributed by atoms with Gasteiger partial charge in [0.2, 0.25) is 0 Å². The van der Waals surface area contributed by atoms with Crippen molar-refractivity contribution >= 4 is 39.0 Å². The summed E-state index contributed by atoms with van der Waals surface area (Å²) in [5, 5.41) is 17.1. The zero-order valence-electron chi connectivity index (χ0n) is 16.9. The van der Waals surface area contributed by atoms with E-state index in [4.69, 9.17) is 0 Å². The van der Waals surface area contributed by atoms with Crippen molar-refractivity contribution in [3.05, 3.63) is 113 Å². The van der Waals surface area contributed by atoms with E-state index in [0.29, 0.717) is 33.3 Å². The third-order valence-electron chi connectivity index (χ3n) is 5.43. The fourth-order valence-electron chi connectivity index (χ4n) is 3.99. The van der Waals surface area contributed by atoms with Gasteiger partial charge in [0.1, 0.15) is 0 Å². The lowest BCUT2D eigenvalue weighted by atomic mass is 9.92. The number of benzene rings is 4. The number of aromatic nitrogens is 1. The normalized spacial score (nSPS) is 10.9. The first kappa shape index (κ1) is 19.4. The molecule has 1 aromatic heterocycles. The molecule has 0 bridgehead atoms. The maximum Gasteiger partial charge on any atom is 0.277 e. The molecule has 6 nitrogen and oxygen atoms in total. The number of nitro benzene ring substituents is 1. The average molecular weight is 419 g/mol. The van der Waals surface area contributed by atoms with Gasteiger partial charge in [0.15, 0.2) is 0 Å². The Hall–Kier alpha value is -4.58. The molecule has 0 fully saturated rings. The van der Waals surface area contributed by atoms with Crippen LogP contribution in [0.1, 0.15) is 10.4 Å². The minimum absolute atomic E-state index is 0.0522. The molecule has 0 atom stereocenters. The van der Waals surface area contributed by atoms with Crippen molar-refractivity contribution in [1.29, 1.82) is 0 Å². The van der Waals surface area contributed by atoms with Gasteiger partial charge in [-0.2, -0.15) is 0 Å². The molecular formula is C26H17N3O3. The van der Waals surface area contributed by atoms with E-state index in [0.717, 1.165) is 10.8 Å². The van der Waals surface area contributed by atoms with Crippen LogP contribution in [0.5, 0.6) is 0 Å². The van der Waals surface area contributed by atoms with Gasteiger partial charge in [-0.05, 0) is 29.0 Å². The lowest BCUT2D eigenvalue weighted by Crippen LogP contribution is -2.14. The molecular weight excluding hydrogens is 402 g/mol. The smallest absolute Gasteiger partial charge is 0.277 e. The van der Waals surface area contributed by atoms with Gasteiger partial charge in [-0.25, -0.2) is 0 Å². The topological polar surface area (TPSA) is 85.1 Å². The molecule has 0 spiro atoms. The second kappa shape index (κ2) is 7.92. The number of nitrogens with one attached hydrogen (secondary N) is 1. The largest absolute Gasteiger partial charge is 0.320 e. The first-order valence-electron chi connectivity index (χ1n) is 10.0. The molecule has 0 aliphatic rings. The van der Waals surface area contributed by atoms with E-state index in [-0.39, 0.29) is 11.6 Å². The third kappa shape index (κ3) is 3.33. The van der Waals surface area contributed by atoms with Crippen molar-refractivity contribution in [1.82, 2.24) is 4.98 Å². The summed E-state index contributed by atoms with van der Waals surface area (Å²) < 4.78 is 0. The predicted molar refractivity (Wildman–Crippen MR) is 126 cm³/mol. The molecule has 154 valence electrons. The average Bonchev–Trinajstić information content (AvgIpc) is 2.83. The van der Waals surface area contributed by atoms with Crippen LogP contribution in [-0.4, -0.2) is 15.8 Å². The molecule has 32 heavy (non-hydrogen) atoms. The molecule has 5 aromatic rings. The molecule has 0 saturated heterocycles. The Kier molecular flexibility index (Phi) is 4.80. The molecule has 0 aliphatic heterocycles. The highest BCUT2D eigenvalue weighted by Gasteiger charge is 2.22. The Morgan fingerprint density at radius 3 is 2.41 bits per heavy atom. The molecule has 5 rings (SSSR count). The number of hydrogen-bond donors (Lipinski definition) is 1. The van der Waals surface area contributed by atoms with Crippen LogP contribution in [0.4, 0.5) is 11.4 Å². The highest BCUT2D eigenvalue weighted by Crippen LogP contribution is 2.36. The number of carbonyl (C=O) groups is 1. The molecule has 0 saturated carbocycles. The van der Waals surface area contributed by atoms with Gasteiger partial charge in [-0.15, -0.1) is 0 Å². The van der Waals surface area contributed by atoms with E-state index in [1.807, 2.05) is 54.6 Å². The Morgan fingerprint density at radius 2 is 1.53 bits per heavy atom. The van der Waals surface area contributed by atoms with Crippen molar-refractivity contribution in [2.24, 2.45) is 0 Å². The maximum absolute atomic E-state index is 13.6. The molecule has 4 aromatic carbocycles. The summed E-state index contributed by atoms with van der Waals surface area (Å²) in [7, 11) is 0. The van der Waals surface area contributed by atoms with Crippen LogP contribution >= 0.6 is 0 Å². The molecule has 1 heterocycles. The summed E-state index contributed by atoms with van der Waals surface area (Å²) in [5.74, 6) is -0.354. The molecule has 6 heteroatoms. The predicted octanol–water partition coefficient (Wildman–Crippen LogP) is 6.22. The molecule has 1 amide bonds. The Balaban J connectivity index is 1.71. The Labute approximate surface area is 183 Å². The zero-order chi connectivity index (χ0) is 22.1. The van der Waals surface area contributed by atoms with Crippen LogP contribution in [-0.2, 0) is 0 Å². The van der Waals surface area contributed by atoms with E-state index >= 15 is 0 Å². The Morgan fingerprint density at radius 1 is 0.781 bits per heavy atom. The van der Waals surface area contributed by atoms with Crippen LogP contribution < -0.4 is 5.32 Å². The van der Waals surface area contributed by atoms with Crippen LogP contribution in [0.15, 0.2) is 97.2 Å². The minimum atomic E-state index is -0.430. The van der Waals surface area contributed by atoms with Crippen molar-refractivity contribution in [2.75, 3.05) is 5.32 Å². The van der Waals surface area contributed by atoms with E-state index < -0.39 is 4.92 Å². The summed E-state index contributed by atoms with van der Waals surface area (Å²) in [6.07, 6.45) is 1.68. The van der Waals surface area contributed by atoms with E-state index in [1.54, 1.807) is 36.5 Å². The van der Waals surface area contributed by atoms with Crippen LogP contribution in [0.25, 0.3) is 32.8 Å². The van der Waals surface area contributed by atoms with E-state index in [9.17, 15) is 14.9 Å². The van der Waals surface area contributed by atoms with Gasteiger partial charge in [0.05, 0.1) is 27.3 Å². The number of nitrogens with zero attached hydrogens (tertiary/aromatic N) is 2. The number of para-hydroxylation sites is 2. The number of fused-ring (bicyclic) bond motifs is 2. The molecule has 0 aliphatic carbocycles. The van der Waals surface area contributed by atoms with Crippen LogP contribution in [0.3, 0.4) is 0 Å². The molecule has 0 unspecified atom stereocenters. The van der Waals surface area contributed by atoms with Crippen molar-refractivity contribution in [2.45, 2.75) is 0 Å². The van der Waals surface area contributed by atoms with Gasteiger partial charge in [-0.1, -0.05) is 66.7 Å². The second-order valence-electron chi connectivity index (χ2n) is 7.32. The summed E-state index contributed by atoms with van der Waals surface area (Å²) in [5.41, 5.74) is 2.48. The standard InChI is InChI=1S/C26H17N3O3/c30-26(28-22-12-5-8-18-9-6-16-27-25(18)22)24-19-10-2-1-7-17(19)14-15-21(24)20-11-3-4-13-23(20)29(31)32/h1-16H,(H,28,30). The third-order valence-corrected chi connectivity index (χ3v) is 5.43. The van der Waals surface area contributed by atoms with Crippen molar-refractivity contribution < 1.29 is 9.72 Å². The second-order valence-corrected chi connectivity index (χ2v) is 7.32. The monoisotopic (exact) mass is 419 g/mol. The van der Waals surface area contributed by atoms with E-state index in [1.165, 1.54) is 6.07 Å².